The van der Waals surface area contributed by atoms with Crippen molar-refractivity contribution in [3.05, 3.63) is 76.4 Å². The highest BCUT2D eigenvalue weighted by atomic mass is 35.5. The number of pyridine rings is 2. The van der Waals surface area contributed by atoms with Gasteiger partial charge in [-0.2, -0.15) is 0 Å². The molecule has 8 nitrogen and oxygen atoms in total. The molecule has 1 atom stereocenters. The van der Waals surface area contributed by atoms with Gasteiger partial charge in [0, 0.05) is 53.8 Å². The zero-order chi connectivity index (χ0) is 30.7. The number of allylic oxidation sites excluding steroid dienone is 1. The van der Waals surface area contributed by atoms with Crippen LogP contribution in [0.3, 0.4) is 0 Å². The number of anilines is 3. The van der Waals surface area contributed by atoms with Crippen LogP contribution in [-0.2, 0) is 11.2 Å². The molecule has 43 heavy (non-hydrogen) atoms. The topological polar surface area (TPSA) is 88.6 Å². The summed E-state index contributed by atoms with van der Waals surface area (Å²) in [5.41, 5.74) is 3.81. The Hall–Kier alpha value is -3.85. The maximum Gasteiger partial charge on any atom is 0.159 e. The fourth-order valence-corrected chi connectivity index (χ4v) is 6.16. The highest BCUT2D eigenvalue weighted by Gasteiger charge is 2.23. The summed E-state index contributed by atoms with van der Waals surface area (Å²) in [6.45, 7) is 8.46. The summed E-state index contributed by atoms with van der Waals surface area (Å²) in [6, 6.07) is 11.4. The molecule has 0 spiro atoms. The van der Waals surface area contributed by atoms with Crippen LogP contribution >= 0.6 is 23.2 Å². The van der Waals surface area contributed by atoms with Crippen molar-refractivity contribution in [1.82, 2.24) is 14.9 Å². The van der Waals surface area contributed by atoms with E-state index in [1.165, 1.54) is 6.08 Å². The van der Waals surface area contributed by atoms with Gasteiger partial charge in [-0.15, -0.1) is 0 Å². The Morgan fingerprint density at radius 2 is 1.91 bits per heavy atom. The number of methoxy groups -OCH3 is 2. The molecule has 5 rings (SSSR count). The summed E-state index contributed by atoms with van der Waals surface area (Å²) in [7, 11) is 5.23. The summed E-state index contributed by atoms with van der Waals surface area (Å²) >= 11 is 13.6. The largest absolute Gasteiger partial charge is 0.495 e. The Labute approximate surface area is 262 Å². The second kappa shape index (κ2) is 13.2. The van der Waals surface area contributed by atoms with E-state index < -0.39 is 0 Å². The summed E-state index contributed by atoms with van der Waals surface area (Å²) in [5, 5.41) is 9.48. The van der Waals surface area contributed by atoms with E-state index in [0.29, 0.717) is 50.4 Å². The second-order valence-electron chi connectivity index (χ2n) is 10.8. The number of benzene rings is 2. The van der Waals surface area contributed by atoms with Gasteiger partial charge in [-0.05, 0) is 62.2 Å². The van der Waals surface area contributed by atoms with Gasteiger partial charge in [-0.3, -0.25) is 4.79 Å². The number of carbonyl (C=O) groups is 1. The zero-order valence-corrected chi connectivity index (χ0v) is 26.3. The van der Waals surface area contributed by atoms with E-state index >= 15 is 0 Å². The molecule has 0 aliphatic carbocycles. The predicted molar refractivity (Wildman–Crippen MR) is 176 cm³/mol. The van der Waals surface area contributed by atoms with Crippen molar-refractivity contribution < 1.29 is 14.3 Å². The van der Waals surface area contributed by atoms with Crippen molar-refractivity contribution in [1.29, 1.82) is 0 Å². The van der Waals surface area contributed by atoms with Gasteiger partial charge in [0.1, 0.15) is 23.1 Å². The molecule has 224 valence electrons. The molecular weight excluding hydrogens is 585 g/mol. The molecule has 0 amide bonds. The number of hydrogen-bond donors (Lipinski definition) is 2. The number of likely N-dealkylation sites (tertiary alicyclic amines) is 1. The number of nitrogens with one attached hydrogen (secondary N) is 2. The van der Waals surface area contributed by atoms with Gasteiger partial charge in [0.2, 0.25) is 0 Å². The second-order valence-corrected chi connectivity index (χ2v) is 11.6. The third-order valence-electron chi connectivity index (χ3n) is 7.80. The normalized spacial score (nSPS) is 15.0. The molecule has 2 aromatic heterocycles. The first-order valence-corrected chi connectivity index (χ1v) is 14.8. The number of halogens is 2. The quantitative estimate of drug-likeness (QED) is 0.169. The van der Waals surface area contributed by atoms with E-state index in [0.717, 1.165) is 53.6 Å². The molecule has 2 aromatic carbocycles. The summed E-state index contributed by atoms with van der Waals surface area (Å²) in [6.07, 6.45) is 4.50. The Morgan fingerprint density at radius 1 is 1.16 bits per heavy atom. The monoisotopic (exact) mass is 619 g/mol. The number of fused-ring (bicyclic) bond motifs is 1. The zero-order valence-electron chi connectivity index (χ0n) is 24.8. The average Bonchev–Trinajstić information content (AvgIpc) is 3.42. The lowest BCUT2D eigenvalue weighted by molar-refractivity contribution is -0.114. The SMILES string of the molecule is C=CC(=O)Cc1cccc(C)c1Nc1cc2c(NCC3CCN(C)C3)nc(-c3c(Cl)c(OC)cc(OC)c3Cl)cc2cn1. The minimum atomic E-state index is -0.0487. The number of hydrogen-bond acceptors (Lipinski definition) is 8. The van der Waals surface area contributed by atoms with Crippen LogP contribution < -0.4 is 20.1 Å². The molecule has 0 bridgehead atoms. The molecule has 1 fully saturated rings. The van der Waals surface area contributed by atoms with Crippen LogP contribution in [0.15, 0.2) is 55.3 Å². The molecule has 4 aromatic rings. The maximum atomic E-state index is 12.2. The van der Waals surface area contributed by atoms with Crippen LogP contribution in [0.5, 0.6) is 11.5 Å². The third-order valence-corrected chi connectivity index (χ3v) is 8.55. The first kappa shape index (κ1) is 30.6. The Bertz CT molecular complexity index is 1670. The van der Waals surface area contributed by atoms with E-state index in [4.69, 9.17) is 42.6 Å². The predicted octanol–water partition coefficient (Wildman–Crippen LogP) is 7.33. The van der Waals surface area contributed by atoms with Crippen LogP contribution in [0.4, 0.5) is 17.3 Å². The summed E-state index contributed by atoms with van der Waals surface area (Å²) in [5.74, 6) is 2.63. The van der Waals surface area contributed by atoms with Crippen molar-refractivity contribution >= 4 is 57.1 Å². The minimum absolute atomic E-state index is 0.0487. The van der Waals surface area contributed by atoms with Gasteiger partial charge in [-0.1, -0.05) is 48.0 Å². The van der Waals surface area contributed by atoms with Gasteiger partial charge >= 0.3 is 0 Å². The molecule has 0 radical (unpaired) electrons. The summed E-state index contributed by atoms with van der Waals surface area (Å²) in [4.78, 5) is 24.3. The number of para-hydroxylation sites is 1. The number of ketones is 1. The highest BCUT2D eigenvalue weighted by Crippen LogP contribution is 2.46. The Balaban J connectivity index is 1.60. The van der Waals surface area contributed by atoms with E-state index in [9.17, 15) is 4.79 Å². The maximum absolute atomic E-state index is 12.2. The van der Waals surface area contributed by atoms with Crippen LogP contribution in [-0.4, -0.2) is 61.6 Å². The molecule has 0 saturated carbocycles. The standard InChI is InChI=1S/C33H35Cl2N5O3/c1-6-23(41)12-21-9-7-8-19(2)32(21)39-28-14-24-22(17-36-28)13-25(38-33(24)37-16-20-10-11-40(3)18-20)29-30(34)26(42-4)15-27(43-5)31(29)35/h6-9,13-15,17,20H,1,10-12,16,18H2,2-5H3,(H,36,39)(H,37,38). The van der Waals surface area contributed by atoms with Crippen molar-refractivity contribution in [2.45, 2.75) is 19.8 Å². The number of rotatable bonds is 11. The van der Waals surface area contributed by atoms with E-state index in [2.05, 4.69) is 29.2 Å². The van der Waals surface area contributed by atoms with Gasteiger partial charge < -0.3 is 25.0 Å². The molecule has 1 unspecified atom stereocenters. The lowest BCUT2D eigenvalue weighted by Crippen LogP contribution is -2.19. The average molecular weight is 621 g/mol. The number of ether oxygens (including phenoxy) is 2. The van der Waals surface area contributed by atoms with Gasteiger partial charge in [0.25, 0.3) is 0 Å². The smallest absolute Gasteiger partial charge is 0.159 e. The van der Waals surface area contributed by atoms with Crippen molar-refractivity contribution in [2.75, 3.05) is 51.5 Å². The number of aromatic nitrogens is 2. The van der Waals surface area contributed by atoms with Crippen LogP contribution in [0.1, 0.15) is 17.5 Å². The number of nitrogens with zero attached hydrogens (tertiary/aromatic N) is 3. The molecular formula is C33H35Cl2N5O3. The number of aryl methyl sites for hydroxylation is 1. The van der Waals surface area contributed by atoms with E-state index in [-0.39, 0.29) is 12.2 Å². The fourth-order valence-electron chi connectivity index (χ4n) is 5.46. The highest BCUT2D eigenvalue weighted by molar-refractivity contribution is 6.41. The van der Waals surface area contributed by atoms with Crippen LogP contribution in [0.2, 0.25) is 10.0 Å². The molecule has 3 heterocycles. The van der Waals surface area contributed by atoms with Crippen LogP contribution in [0.25, 0.3) is 22.0 Å². The first-order chi connectivity index (χ1) is 20.7. The van der Waals surface area contributed by atoms with Crippen molar-refractivity contribution in [2.24, 2.45) is 5.92 Å². The molecule has 1 aliphatic heterocycles. The fraction of sp³-hybridized carbons (Fsp3) is 0.303. The minimum Gasteiger partial charge on any atom is -0.495 e. The van der Waals surface area contributed by atoms with Gasteiger partial charge in [-0.25, -0.2) is 9.97 Å². The molecule has 10 heteroatoms. The molecule has 2 N–H and O–H groups in total. The number of carbonyl (C=O) groups excluding carboxylic acids is 1. The third kappa shape index (κ3) is 6.56. The van der Waals surface area contributed by atoms with Crippen LogP contribution in [0, 0.1) is 12.8 Å². The lowest BCUT2D eigenvalue weighted by atomic mass is 10.0. The Morgan fingerprint density at radius 3 is 2.56 bits per heavy atom. The van der Waals surface area contributed by atoms with Gasteiger partial charge in [0.15, 0.2) is 5.78 Å². The van der Waals surface area contributed by atoms with Crippen molar-refractivity contribution in [3.63, 3.8) is 0 Å². The van der Waals surface area contributed by atoms with Crippen molar-refractivity contribution in [3.8, 4) is 22.8 Å². The van der Waals surface area contributed by atoms with Gasteiger partial charge in [0.05, 0.1) is 30.0 Å². The van der Waals surface area contributed by atoms with E-state index in [1.807, 2.05) is 37.3 Å². The van der Waals surface area contributed by atoms with E-state index in [1.54, 1.807) is 26.5 Å². The lowest BCUT2D eigenvalue weighted by Gasteiger charge is -2.18. The molecule has 1 saturated heterocycles. The Kier molecular flexibility index (Phi) is 9.40. The molecule has 1 aliphatic rings. The first-order valence-electron chi connectivity index (χ1n) is 14.1. The summed E-state index contributed by atoms with van der Waals surface area (Å²) < 4.78 is 11.0.